The molecule has 17 heavy (non-hydrogen) atoms. The van der Waals surface area contributed by atoms with Crippen molar-refractivity contribution in [3.63, 3.8) is 0 Å². The molecule has 0 spiro atoms. The monoisotopic (exact) mass is 267 g/mol. The van der Waals surface area contributed by atoms with Gasteiger partial charge in [-0.3, -0.25) is 0 Å². The Morgan fingerprint density at radius 2 is 2.29 bits per heavy atom. The van der Waals surface area contributed by atoms with Crippen molar-refractivity contribution in [2.45, 2.75) is 26.2 Å². The first-order chi connectivity index (χ1) is 8.00. The zero-order chi connectivity index (χ0) is 12.6. The third-order valence-electron chi connectivity index (χ3n) is 2.62. The van der Waals surface area contributed by atoms with E-state index in [2.05, 4.69) is 18.8 Å². The maximum absolute atomic E-state index is 6.14. The molecule has 0 radical (unpaired) electrons. The quantitative estimate of drug-likeness (QED) is 0.870. The van der Waals surface area contributed by atoms with Crippen LogP contribution < -0.4 is 5.73 Å². The van der Waals surface area contributed by atoms with Crippen LogP contribution in [0.1, 0.15) is 31.2 Å². The van der Waals surface area contributed by atoms with Gasteiger partial charge in [0.1, 0.15) is 0 Å². The van der Waals surface area contributed by atoms with Gasteiger partial charge < -0.3 is 10.1 Å². The van der Waals surface area contributed by atoms with Crippen molar-refractivity contribution in [2.24, 2.45) is 5.73 Å². The third kappa shape index (κ3) is 2.28. The van der Waals surface area contributed by atoms with Crippen LogP contribution in [0.25, 0.3) is 5.65 Å². The van der Waals surface area contributed by atoms with Crippen LogP contribution in [0.2, 0.25) is 5.02 Å². The summed E-state index contributed by atoms with van der Waals surface area (Å²) >= 11 is 11.1. The molecule has 2 aromatic heterocycles. The second kappa shape index (κ2) is 4.63. The van der Waals surface area contributed by atoms with E-state index in [1.165, 1.54) is 0 Å². The fourth-order valence-electron chi connectivity index (χ4n) is 1.90. The van der Waals surface area contributed by atoms with Crippen LogP contribution in [-0.4, -0.2) is 14.4 Å². The number of hydrogen-bond donors (Lipinski definition) is 1. The molecule has 3 nitrogen and oxygen atoms in total. The zero-order valence-corrected chi connectivity index (χ0v) is 11.3. The topological polar surface area (TPSA) is 43.3 Å². The van der Waals surface area contributed by atoms with E-state index in [0.717, 1.165) is 17.0 Å². The fraction of sp³-hybridized carbons (Fsp3) is 0.333. The van der Waals surface area contributed by atoms with Crippen LogP contribution in [0.4, 0.5) is 0 Å². The van der Waals surface area contributed by atoms with Gasteiger partial charge in [0, 0.05) is 12.6 Å². The van der Waals surface area contributed by atoms with Gasteiger partial charge in [-0.1, -0.05) is 37.7 Å². The van der Waals surface area contributed by atoms with Gasteiger partial charge in [-0.2, -0.15) is 0 Å². The molecule has 0 saturated carbocycles. The lowest BCUT2D eigenvalue weighted by Gasteiger charge is -2.06. The van der Waals surface area contributed by atoms with Crippen molar-refractivity contribution in [1.82, 2.24) is 9.38 Å². The second-order valence-electron chi connectivity index (χ2n) is 4.29. The van der Waals surface area contributed by atoms with Crippen LogP contribution in [0.3, 0.4) is 0 Å². The number of nitrogens with two attached hydrogens (primary N) is 1. The molecular weight excluding hydrogens is 254 g/mol. The molecule has 0 fully saturated rings. The minimum atomic E-state index is 0.315. The predicted molar refractivity (Wildman–Crippen MR) is 74.8 cm³/mol. The molecule has 5 heteroatoms. The zero-order valence-electron chi connectivity index (χ0n) is 9.77. The average molecular weight is 268 g/mol. The maximum Gasteiger partial charge on any atom is 0.156 e. The molecule has 0 aliphatic rings. The van der Waals surface area contributed by atoms with Crippen molar-refractivity contribution < 1.29 is 0 Å². The summed E-state index contributed by atoms with van der Waals surface area (Å²) in [5.74, 6) is 0.315. The summed E-state index contributed by atoms with van der Waals surface area (Å²) in [6, 6.07) is 3.72. The van der Waals surface area contributed by atoms with Crippen LogP contribution in [0, 0.1) is 0 Å². The fourth-order valence-corrected chi connectivity index (χ4v) is 2.25. The van der Waals surface area contributed by atoms with Crippen molar-refractivity contribution in [3.05, 3.63) is 34.7 Å². The molecule has 0 atom stereocenters. The lowest BCUT2D eigenvalue weighted by molar-refractivity contribution is 0.816. The Bertz CT molecular complexity index is 574. The number of aromatic nitrogens is 2. The number of hydrogen-bond acceptors (Lipinski definition) is 2. The highest BCUT2D eigenvalue weighted by Gasteiger charge is 2.16. The molecular formula is C12H14ClN3S. The van der Waals surface area contributed by atoms with Gasteiger partial charge >= 0.3 is 0 Å². The van der Waals surface area contributed by atoms with Crippen LogP contribution in [0.5, 0.6) is 0 Å². The molecule has 2 N–H and O–H groups in total. The van der Waals surface area contributed by atoms with Gasteiger partial charge in [-0.05, 0) is 18.1 Å². The molecule has 2 rings (SSSR count). The van der Waals surface area contributed by atoms with Gasteiger partial charge in [0.25, 0.3) is 0 Å². The standard InChI is InChI=1S/C12H14ClN3S/c1-7(2)11-9(6-10(14)17)16-5-3-4-8(13)12(16)15-11/h3-5,7H,6H2,1-2H3,(H2,14,17). The summed E-state index contributed by atoms with van der Waals surface area (Å²) in [6.07, 6.45) is 2.48. The smallest absolute Gasteiger partial charge is 0.156 e. The Kier molecular flexibility index (Phi) is 3.35. The summed E-state index contributed by atoms with van der Waals surface area (Å²) in [6.45, 7) is 4.19. The first-order valence-corrected chi connectivity index (χ1v) is 6.23. The molecule has 0 bridgehead atoms. The van der Waals surface area contributed by atoms with Gasteiger partial charge in [0.15, 0.2) is 5.65 Å². The van der Waals surface area contributed by atoms with E-state index in [0.29, 0.717) is 22.3 Å². The third-order valence-corrected chi connectivity index (χ3v) is 3.06. The summed E-state index contributed by atoms with van der Waals surface area (Å²) in [5, 5.41) is 0.642. The Morgan fingerprint density at radius 3 is 2.88 bits per heavy atom. The van der Waals surface area contributed by atoms with E-state index in [9.17, 15) is 0 Å². The first kappa shape index (κ1) is 12.3. The summed E-state index contributed by atoms with van der Waals surface area (Å²) in [7, 11) is 0. The van der Waals surface area contributed by atoms with E-state index in [1.807, 2.05) is 22.7 Å². The summed E-state index contributed by atoms with van der Waals surface area (Å²) < 4.78 is 1.97. The molecule has 0 amide bonds. The largest absolute Gasteiger partial charge is 0.393 e. The molecule has 2 heterocycles. The van der Waals surface area contributed by atoms with Gasteiger partial charge in [-0.15, -0.1) is 0 Å². The van der Waals surface area contributed by atoms with E-state index >= 15 is 0 Å². The van der Waals surface area contributed by atoms with Gasteiger partial charge in [0.05, 0.1) is 21.4 Å². The minimum Gasteiger partial charge on any atom is -0.393 e. The highest BCUT2D eigenvalue weighted by atomic mass is 35.5. The van der Waals surface area contributed by atoms with Crippen molar-refractivity contribution >= 4 is 34.5 Å². The first-order valence-electron chi connectivity index (χ1n) is 5.44. The van der Waals surface area contributed by atoms with E-state index < -0.39 is 0 Å². The highest BCUT2D eigenvalue weighted by Crippen LogP contribution is 2.25. The van der Waals surface area contributed by atoms with Crippen LogP contribution in [-0.2, 0) is 6.42 Å². The second-order valence-corrected chi connectivity index (χ2v) is 5.22. The number of imidazole rings is 1. The lowest BCUT2D eigenvalue weighted by atomic mass is 10.1. The lowest BCUT2D eigenvalue weighted by Crippen LogP contribution is -2.14. The number of fused-ring (bicyclic) bond motifs is 1. The molecule has 0 aliphatic carbocycles. The molecule has 0 aliphatic heterocycles. The summed E-state index contributed by atoms with van der Waals surface area (Å²) in [5.41, 5.74) is 8.44. The SMILES string of the molecule is CC(C)c1nc2c(Cl)cccn2c1CC(N)=S. The number of pyridine rings is 1. The van der Waals surface area contributed by atoms with Crippen LogP contribution >= 0.6 is 23.8 Å². The summed E-state index contributed by atoms with van der Waals surface area (Å²) in [4.78, 5) is 5.05. The Labute approximate surface area is 111 Å². The normalized spacial score (nSPS) is 11.3. The van der Waals surface area contributed by atoms with Crippen molar-refractivity contribution in [3.8, 4) is 0 Å². The van der Waals surface area contributed by atoms with Crippen molar-refractivity contribution in [1.29, 1.82) is 0 Å². The average Bonchev–Trinajstić information content (AvgIpc) is 2.58. The van der Waals surface area contributed by atoms with Crippen LogP contribution in [0.15, 0.2) is 18.3 Å². The Morgan fingerprint density at radius 1 is 1.59 bits per heavy atom. The van der Waals surface area contributed by atoms with Gasteiger partial charge in [-0.25, -0.2) is 4.98 Å². The van der Waals surface area contributed by atoms with Gasteiger partial charge in [0.2, 0.25) is 0 Å². The maximum atomic E-state index is 6.14. The van der Waals surface area contributed by atoms with E-state index in [4.69, 9.17) is 29.6 Å². The molecule has 90 valence electrons. The highest BCUT2D eigenvalue weighted by molar-refractivity contribution is 7.80. The number of rotatable bonds is 3. The number of nitrogens with zero attached hydrogens (tertiary/aromatic N) is 2. The molecule has 0 saturated heterocycles. The van der Waals surface area contributed by atoms with E-state index in [1.54, 1.807) is 0 Å². The minimum absolute atomic E-state index is 0.315. The Balaban J connectivity index is 2.71. The number of halogens is 1. The van der Waals surface area contributed by atoms with Crippen molar-refractivity contribution in [2.75, 3.05) is 0 Å². The predicted octanol–water partition coefficient (Wildman–Crippen LogP) is 2.94. The molecule has 0 aromatic carbocycles. The number of thiocarbonyl (C=S) groups is 1. The molecule has 2 aromatic rings. The Hall–Kier alpha value is -1.13. The molecule has 0 unspecified atom stereocenters. The van der Waals surface area contributed by atoms with E-state index in [-0.39, 0.29) is 0 Å².